The Morgan fingerprint density at radius 2 is 2.05 bits per heavy atom. The van der Waals surface area contributed by atoms with Crippen molar-refractivity contribution in [3.8, 4) is 5.75 Å². The van der Waals surface area contributed by atoms with E-state index in [-0.39, 0.29) is 5.97 Å². The predicted molar refractivity (Wildman–Crippen MR) is 81.3 cm³/mol. The van der Waals surface area contributed by atoms with Crippen LogP contribution in [0.25, 0.3) is 0 Å². The molecule has 0 spiro atoms. The summed E-state index contributed by atoms with van der Waals surface area (Å²) in [4.78, 5) is 12.0. The summed E-state index contributed by atoms with van der Waals surface area (Å²) in [5.41, 5.74) is 1.54. The number of aryl methyl sites for hydroxylation is 1. The van der Waals surface area contributed by atoms with Crippen LogP contribution in [0.2, 0.25) is 0 Å². The maximum absolute atomic E-state index is 12.0. The molecule has 0 saturated carbocycles. The summed E-state index contributed by atoms with van der Waals surface area (Å²) in [6.07, 6.45) is 4.55. The Bertz CT molecular complexity index is 426. The normalized spacial score (nSPS) is 12.0. The van der Waals surface area contributed by atoms with Gasteiger partial charge < -0.3 is 9.47 Å². The lowest BCUT2D eigenvalue weighted by Gasteiger charge is -2.15. The van der Waals surface area contributed by atoms with Crippen molar-refractivity contribution in [1.29, 1.82) is 0 Å². The summed E-state index contributed by atoms with van der Waals surface area (Å²) in [7, 11) is 1.62. The molecule has 112 valence electrons. The number of benzene rings is 1. The van der Waals surface area contributed by atoms with Crippen LogP contribution in [0, 0.1) is 12.8 Å². The van der Waals surface area contributed by atoms with Crippen molar-refractivity contribution in [2.45, 2.75) is 46.5 Å². The van der Waals surface area contributed by atoms with Gasteiger partial charge in [0.2, 0.25) is 0 Å². The van der Waals surface area contributed by atoms with Crippen molar-refractivity contribution < 1.29 is 14.3 Å². The van der Waals surface area contributed by atoms with Crippen molar-refractivity contribution in [2.75, 3.05) is 13.7 Å². The van der Waals surface area contributed by atoms with Gasteiger partial charge in [-0.25, -0.2) is 4.79 Å². The van der Waals surface area contributed by atoms with Crippen LogP contribution in [0.3, 0.4) is 0 Å². The lowest BCUT2D eigenvalue weighted by atomic mass is 10.0. The van der Waals surface area contributed by atoms with E-state index in [2.05, 4.69) is 13.8 Å². The average molecular weight is 278 g/mol. The molecular formula is C17H26O3. The van der Waals surface area contributed by atoms with Gasteiger partial charge in [-0.15, -0.1) is 0 Å². The van der Waals surface area contributed by atoms with E-state index in [1.165, 1.54) is 12.8 Å². The standard InChI is InChI=1S/C17H26O3/c1-5-7-8-14(6-2)12-20-17(18)15-9-10-16(19-4)13(3)11-15/h9-11,14H,5-8,12H2,1-4H3. The fourth-order valence-corrected chi connectivity index (χ4v) is 2.18. The first-order valence-corrected chi connectivity index (χ1v) is 7.44. The van der Waals surface area contributed by atoms with Crippen molar-refractivity contribution in [3.63, 3.8) is 0 Å². The van der Waals surface area contributed by atoms with Gasteiger partial charge in [-0.1, -0.05) is 33.1 Å². The van der Waals surface area contributed by atoms with Gasteiger partial charge in [0.1, 0.15) is 5.75 Å². The molecule has 20 heavy (non-hydrogen) atoms. The number of methoxy groups -OCH3 is 1. The Kier molecular flexibility index (Phi) is 7.13. The molecule has 1 rings (SSSR count). The maximum atomic E-state index is 12.0. The Labute approximate surface area is 122 Å². The number of rotatable bonds is 8. The number of hydrogen-bond acceptors (Lipinski definition) is 3. The van der Waals surface area contributed by atoms with Crippen LogP contribution in [-0.4, -0.2) is 19.7 Å². The summed E-state index contributed by atoms with van der Waals surface area (Å²) >= 11 is 0. The molecule has 0 N–H and O–H groups in total. The minimum atomic E-state index is -0.245. The first kappa shape index (κ1) is 16.5. The van der Waals surface area contributed by atoms with Crippen LogP contribution in [-0.2, 0) is 4.74 Å². The van der Waals surface area contributed by atoms with Crippen molar-refractivity contribution in [1.82, 2.24) is 0 Å². The van der Waals surface area contributed by atoms with Gasteiger partial charge in [0.15, 0.2) is 0 Å². The monoisotopic (exact) mass is 278 g/mol. The molecular weight excluding hydrogens is 252 g/mol. The predicted octanol–water partition coefficient (Wildman–Crippen LogP) is 4.38. The second-order valence-electron chi connectivity index (χ2n) is 5.20. The zero-order valence-corrected chi connectivity index (χ0v) is 13.1. The van der Waals surface area contributed by atoms with Crippen LogP contribution in [0.15, 0.2) is 18.2 Å². The third-order valence-electron chi connectivity index (χ3n) is 3.62. The number of unbranched alkanes of at least 4 members (excludes halogenated alkanes) is 1. The third-order valence-corrected chi connectivity index (χ3v) is 3.62. The molecule has 1 aromatic rings. The van der Waals surface area contributed by atoms with E-state index in [1.807, 2.05) is 13.0 Å². The first-order valence-electron chi connectivity index (χ1n) is 7.44. The van der Waals surface area contributed by atoms with Gasteiger partial charge in [0.25, 0.3) is 0 Å². The van der Waals surface area contributed by atoms with E-state index in [1.54, 1.807) is 19.2 Å². The summed E-state index contributed by atoms with van der Waals surface area (Å²) in [6, 6.07) is 5.37. The third kappa shape index (κ3) is 4.87. The van der Waals surface area contributed by atoms with Crippen molar-refractivity contribution in [3.05, 3.63) is 29.3 Å². The lowest BCUT2D eigenvalue weighted by molar-refractivity contribution is 0.0428. The number of esters is 1. The Morgan fingerprint density at radius 3 is 2.60 bits per heavy atom. The van der Waals surface area contributed by atoms with E-state index in [9.17, 15) is 4.79 Å². The van der Waals surface area contributed by atoms with E-state index >= 15 is 0 Å². The second-order valence-corrected chi connectivity index (χ2v) is 5.20. The highest BCUT2D eigenvalue weighted by molar-refractivity contribution is 5.89. The quantitative estimate of drug-likeness (QED) is 0.662. The highest BCUT2D eigenvalue weighted by Gasteiger charge is 2.13. The highest BCUT2D eigenvalue weighted by Crippen LogP contribution is 2.19. The molecule has 0 aliphatic carbocycles. The summed E-state index contributed by atoms with van der Waals surface area (Å²) in [5.74, 6) is 1.01. The fraction of sp³-hybridized carbons (Fsp3) is 0.588. The molecule has 1 unspecified atom stereocenters. The number of carbonyl (C=O) groups is 1. The van der Waals surface area contributed by atoms with Crippen LogP contribution >= 0.6 is 0 Å². The second kappa shape index (κ2) is 8.62. The van der Waals surface area contributed by atoms with Gasteiger partial charge in [0.05, 0.1) is 19.3 Å². The number of ether oxygens (including phenoxy) is 2. The molecule has 0 saturated heterocycles. The first-order chi connectivity index (χ1) is 9.62. The minimum Gasteiger partial charge on any atom is -0.496 e. The van der Waals surface area contributed by atoms with E-state index < -0.39 is 0 Å². The van der Waals surface area contributed by atoms with Gasteiger partial charge in [-0.3, -0.25) is 0 Å². The van der Waals surface area contributed by atoms with Crippen molar-refractivity contribution >= 4 is 5.97 Å². The number of hydrogen-bond donors (Lipinski definition) is 0. The molecule has 0 amide bonds. The van der Waals surface area contributed by atoms with Crippen LogP contribution in [0.1, 0.15) is 55.5 Å². The van der Waals surface area contributed by atoms with Crippen LogP contribution in [0.5, 0.6) is 5.75 Å². The molecule has 0 aliphatic heterocycles. The maximum Gasteiger partial charge on any atom is 0.338 e. The largest absolute Gasteiger partial charge is 0.496 e. The molecule has 3 nitrogen and oxygen atoms in total. The lowest BCUT2D eigenvalue weighted by Crippen LogP contribution is -2.14. The van der Waals surface area contributed by atoms with Gasteiger partial charge in [-0.05, 0) is 43.0 Å². The van der Waals surface area contributed by atoms with Gasteiger partial charge in [0, 0.05) is 0 Å². The topological polar surface area (TPSA) is 35.5 Å². The SMILES string of the molecule is CCCCC(CC)COC(=O)c1ccc(OC)c(C)c1. The van der Waals surface area contributed by atoms with Gasteiger partial charge >= 0.3 is 5.97 Å². The zero-order valence-electron chi connectivity index (χ0n) is 13.1. The van der Waals surface area contributed by atoms with Crippen LogP contribution in [0.4, 0.5) is 0 Å². The zero-order chi connectivity index (χ0) is 15.0. The fourth-order valence-electron chi connectivity index (χ4n) is 2.18. The smallest absolute Gasteiger partial charge is 0.338 e. The van der Waals surface area contributed by atoms with E-state index in [0.717, 1.165) is 24.2 Å². The molecule has 1 atom stereocenters. The van der Waals surface area contributed by atoms with Crippen LogP contribution < -0.4 is 4.74 Å². The molecule has 0 heterocycles. The Balaban J connectivity index is 2.55. The molecule has 0 fully saturated rings. The van der Waals surface area contributed by atoms with E-state index in [4.69, 9.17) is 9.47 Å². The molecule has 1 aromatic carbocycles. The molecule has 0 aromatic heterocycles. The summed E-state index contributed by atoms with van der Waals surface area (Å²) in [6.45, 7) is 6.76. The average Bonchev–Trinajstić information content (AvgIpc) is 2.47. The molecule has 0 aliphatic rings. The molecule has 3 heteroatoms. The van der Waals surface area contributed by atoms with Crippen molar-refractivity contribution in [2.24, 2.45) is 5.92 Å². The highest BCUT2D eigenvalue weighted by atomic mass is 16.5. The van der Waals surface area contributed by atoms with Gasteiger partial charge in [-0.2, -0.15) is 0 Å². The Hall–Kier alpha value is -1.51. The summed E-state index contributed by atoms with van der Waals surface area (Å²) < 4.78 is 10.6. The molecule has 0 radical (unpaired) electrons. The minimum absolute atomic E-state index is 0.245. The Morgan fingerprint density at radius 1 is 1.30 bits per heavy atom. The molecule has 0 bridgehead atoms. The summed E-state index contributed by atoms with van der Waals surface area (Å²) in [5, 5.41) is 0. The van der Waals surface area contributed by atoms with E-state index in [0.29, 0.717) is 18.1 Å². The number of carbonyl (C=O) groups excluding carboxylic acids is 1.